The number of phenols is 2. The summed E-state index contributed by atoms with van der Waals surface area (Å²) < 4.78 is 10.3. The summed E-state index contributed by atoms with van der Waals surface area (Å²) in [6.45, 7) is 8.88. The fraction of sp³-hybridized carbons (Fsp3) is 0.467. The first-order valence-corrected chi connectivity index (χ1v) is 13.6. The second-order valence-electron chi connectivity index (χ2n) is 10.4. The van der Waals surface area contributed by atoms with Crippen LogP contribution in [0.5, 0.6) is 11.5 Å². The highest BCUT2D eigenvalue weighted by Gasteiger charge is 2.37. The Hall–Kier alpha value is -4.28. The lowest BCUT2D eigenvalue weighted by atomic mass is 9.99. The summed E-state index contributed by atoms with van der Waals surface area (Å²) in [6.07, 6.45) is -0.386. The van der Waals surface area contributed by atoms with Gasteiger partial charge >= 0.3 is 12.1 Å². The molecule has 0 bridgehead atoms. The Morgan fingerprint density at radius 1 is 0.976 bits per heavy atom. The molecule has 0 fully saturated rings. The molecule has 224 valence electrons. The molecule has 4 N–H and O–H groups in total. The van der Waals surface area contributed by atoms with E-state index in [2.05, 4.69) is 10.6 Å². The molecule has 11 nitrogen and oxygen atoms in total. The molecule has 2 aromatic carbocycles. The largest absolute Gasteiger partial charge is 0.508 e. The summed E-state index contributed by atoms with van der Waals surface area (Å²) in [4.78, 5) is 53.6. The molecule has 2 rings (SSSR count). The highest BCUT2D eigenvalue weighted by molar-refractivity contribution is 5.92. The van der Waals surface area contributed by atoms with Gasteiger partial charge in [0, 0.05) is 25.1 Å². The number of rotatable bonds is 13. The normalized spacial score (nSPS) is 12.5. The number of aromatic hydroxyl groups is 2. The topological polar surface area (TPSA) is 154 Å². The fourth-order valence-corrected chi connectivity index (χ4v) is 4.11. The van der Waals surface area contributed by atoms with Crippen LogP contribution in [0.2, 0.25) is 0 Å². The molecular weight excluding hydrogens is 530 g/mol. The predicted octanol–water partition coefficient (Wildman–Crippen LogP) is 3.58. The first-order chi connectivity index (χ1) is 19.4. The van der Waals surface area contributed by atoms with Gasteiger partial charge in [-0.25, -0.2) is 4.79 Å². The molecule has 0 aliphatic rings. The lowest BCUT2D eigenvalue weighted by Crippen LogP contribution is -2.54. The summed E-state index contributed by atoms with van der Waals surface area (Å²) in [7, 11) is 0. The second-order valence-corrected chi connectivity index (χ2v) is 10.4. The van der Waals surface area contributed by atoms with Crippen LogP contribution in [0.25, 0.3) is 0 Å². The van der Waals surface area contributed by atoms with E-state index in [1.807, 2.05) is 6.92 Å². The van der Waals surface area contributed by atoms with Gasteiger partial charge in [0.15, 0.2) is 0 Å². The van der Waals surface area contributed by atoms with E-state index in [0.29, 0.717) is 12.0 Å². The van der Waals surface area contributed by atoms with Gasteiger partial charge in [0.05, 0.1) is 13.0 Å². The van der Waals surface area contributed by atoms with Crippen LogP contribution in [0, 0.1) is 0 Å². The molecule has 0 saturated heterocycles. The van der Waals surface area contributed by atoms with Crippen molar-refractivity contribution >= 4 is 23.9 Å². The van der Waals surface area contributed by atoms with Crippen molar-refractivity contribution in [2.75, 3.05) is 19.7 Å². The zero-order chi connectivity index (χ0) is 30.6. The Balaban J connectivity index is 2.47. The molecule has 2 aromatic rings. The number of carbonyl (C=O) groups is 4. The molecule has 0 aromatic heterocycles. The van der Waals surface area contributed by atoms with E-state index in [-0.39, 0.29) is 49.6 Å². The summed E-state index contributed by atoms with van der Waals surface area (Å²) >= 11 is 0. The van der Waals surface area contributed by atoms with Crippen molar-refractivity contribution in [1.82, 2.24) is 15.5 Å². The SMILES string of the molecule is CCCN(C(=O)C(Cc1ccc(O)cc1)NC(=O)OC(C)(C)C)C(C(=O)NCCC(=O)OCC)c1ccccc1O. The third-order valence-electron chi connectivity index (χ3n) is 5.84. The van der Waals surface area contributed by atoms with Crippen LogP contribution in [0.3, 0.4) is 0 Å². The van der Waals surface area contributed by atoms with Crippen LogP contribution in [0.1, 0.15) is 64.6 Å². The predicted molar refractivity (Wildman–Crippen MR) is 152 cm³/mol. The van der Waals surface area contributed by atoms with Crippen molar-refractivity contribution in [2.24, 2.45) is 0 Å². The van der Waals surface area contributed by atoms with Gasteiger partial charge < -0.3 is 35.2 Å². The van der Waals surface area contributed by atoms with Crippen LogP contribution in [0.15, 0.2) is 48.5 Å². The summed E-state index contributed by atoms with van der Waals surface area (Å²) in [5.41, 5.74) is 0.00601. The summed E-state index contributed by atoms with van der Waals surface area (Å²) in [5.74, 6) is -1.83. The average molecular weight is 572 g/mol. The second kappa shape index (κ2) is 15.5. The van der Waals surface area contributed by atoms with Crippen molar-refractivity contribution in [1.29, 1.82) is 0 Å². The molecule has 2 atom stereocenters. The maximum atomic E-state index is 14.2. The quantitative estimate of drug-likeness (QED) is 0.266. The van der Waals surface area contributed by atoms with Crippen LogP contribution in [-0.2, 0) is 30.3 Å². The van der Waals surface area contributed by atoms with Gasteiger partial charge in [0.1, 0.15) is 29.2 Å². The van der Waals surface area contributed by atoms with E-state index < -0.39 is 41.6 Å². The number of benzene rings is 2. The van der Waals surface area contributed by atoms with Gasteiger partial charge in [0.2, 0.25) is 11.8 Å². The van der Waals surface area contributed by atoms with Crippen LogP contribution >= 0.6 is 0 Å². The van der Waals surface area contributed by atoms with Gasteiger partial charge in [0.25, 0.3) is 0 Å². The Kier molecular flexibility index (Phi) is 12.4. The number of hydrogen-bond acceptors (Lipinski definition) is 8. The first kappa shape index (κ1) is 32.9. The lowest BCUT2D eigenvalue weighted by Gasteiger charge is -2.34. The van der Waals surface area contributed by atoms with E-state index in [0.717, 1.165) is 0 Å². The Bertz CT molecular complexity index is 1180. The first-order valence-electron chi connectivity index (χ1n) is 13.6. The number of para-hydroxylation sites is 1. The van der Waals surface area contributed by atoms with Gasteiger partial charge in [-0.1, -0.05) is 37.3 Å². The van der Waals surface area contributed by atoms with E-state index in [4.69, 9.17) is 9.47 Å². The van der Waals surface area contributed by atoms with Gasteiger partial charge in [-0.15, -0.1) is 0 Å². The fourth-order valence-electron chi connectivity index (χ4n) is 4.11. The molecule has 2 unspecified atom stereocenters. The smallest absolute Gasteiger partial charge is 0.408 e. The highest BCUT2D eigenvalue weighted by atomic mass is 16.6. The number of amides is 3. The molecule has 0 aliphatic heterocycles. The minimum Gasteiger partial charge on any atom is -0.508 e. The number of esters is 1. The monoisotopic (exact) mass is 571 g/mol. The van der Waals surface area contributed by atoms with E-state index in [1.165, 1.54) is 29.2 Å². The maximum Gasteiger partial charge on any atom is 0.408 e. The third-order valence-corrected chi connectivity index (χ3v) is 5.84. The summed E-state index contributed by atoms with van der Waals surface area (Å²) in [6, 6.07) is 9.94. The van der Waals surface area contributed by atoms with E-state index in [1.54, 1.807) is 52.0 Å². The number of nitrogens with zero attached hydrogens (tertiary/aromatic N) is 1. The lowest BCUT2D eigenvalue weighted by molar-refractivity contribution is -0.144. The van der Waals surface area contributed by atoms with Crippen molar-refractivity contribution in [2.45, 2.75) is 71.6 Å². The summed E-state index contributed by atoms with van der Waals surface area (Å²) in [5, 5.41) is 25.7. The van der Waals surface area contributed by atoms with Crippen molar-refractivity contribution in [3.8, 4) is 11.5 Å². The van der Waals surface area contributed by atoms with Crippen molar-refractivity contribution < 1.29 is 38.9 Å². The molecule has 0 saturated carbocycles. The minimum absolute atomic E-state index is 0.0382. The zero-order valence-electron chi connectivity index (χ0n) is 24.3. The third kappa shape index (κ3) is 10.7. The Morgan fingerprint density at radius 2 is 1.63 bits per heavy atom. The maximum absolute atomic E-state index is 14.2. The van der Waals surface area contributed by atoms with Gasteiger partial charge in [-0.05, 0) is 57.9 Å². The molecule has 0 radical (unpaired) electrons. The number of alkyl carbamates (subject to hydrolysis) is 1. The minimum atomic E-state index is -1.27. The molecule has 0 aliphatic carbocycles. The molecule has 41 heavy (non-hydrogen) atoms. The molecule has 0 heterocycles. The van der Waals surface area contributed by atoms with E-state index in [9.17, 15) is 29.4 Å². The number of phenolic OH excluding ortho intramolecular Hbond substituents is 2. The highest BCUT2D eigenvalue weighted by Crippen LogP contribution is 2.30. The number of hydrogen-bond donors (Lipinski definition) is 4. The zero-order valence-corrected chi connectivity index (χ0v) is 24.3. The molecule has 11 heteroatoms. The molecular formula is C30H41N3O8. The number of carbonyl (C=O) groups excluding carboxylic acids is 4. The molecule has 0 spiro atoms. The van der Waals surface area contributed by atoms with Crippen LogP contribution in [-0.4, -0.2) is 70.3 Å². The Labute approximate surface area is 240 Å². The van der Waals surface area contributed by atoms with Gasteiger partial charge in [-0.2, -0.15) is 0 Å². The van der Waals surface area contributed by atoms with E-state index >= 15 is 0 Å². The van der Waals surface area contributed by atoms with Crippen molar-refractivity contribution in [3.05, 3.63) is 59.7 Å². The van der Waals surface area contributed by atoms with Gasteiger partial charge in [-0.3, -0.25) is 14.4 Å². The average Bonchev–Trinajstić information content (AvgIpc) is 2.89. The number of ether oxygens (including phenoxy) is 2. The van der Waals surface area contributed by atoms with Crippen LogP contribution < -0.4 is 10.6 Å². The Morgan fingerprint density at radius 3 is 2.22 bits per heavy atom. The molecule has 3 amide bonds. The van der Waals surface area contributed by atoms with Crippen LogP contribution in [0.4, 0.5) is 4.79 Å². The standard InChI is InChI=1S/C30H41N3O8/c1-6-18-33(26(22-10-8-9-11-24(22)35)27(37)31-17-16-25(36)40-7-2)28(38)23(32-29(39)41-30(3,4)5)19-20-12-14-21(34)15-13-20/h8-15,23,26,34-35H,6-7,16-19H2,1-5H3,(H,31,37)(H,32,39). The van der Waals surface area contributed by atoms with Crippen molar-refractivity contribution in [3.63, 3.8) is 0 Å². The number of nitrogens with one attached hydrogen (secondary N) is 2.